The number of fused-ring (bicyclic) bond motifs is 1. The number of anilines is 2. The minimum Gasteiger partial charge on any atom is -0.478 e. The molecule has 0 aliphatic carbocycles. The van der Waals surface area contributed by atoms with Crippen LogP contribution in [-0.2, 0) is 0 Å². The van der Waals surface area contributed by atoms with Gasteiger partial charge in [0.25, 0.3) is 0 Å². The Hall–Kier alpha value is -2.83. The van der Waals surface area contributed by atoms with Crippen LogP contribution >= 0.6 is 0 Å². The van der Waals surface area contributed by atoms with Crippen molar-refractivity contribution in [3.63, 3.8) is 0 Å². The fourth-order valence-electron chi connectivity index (χ4n) is 1.81. The summed E-state index contributed by atoms with van der Waals surface area (Å²) >= 11 is 0. The van der Waals surface area contributed by atoms with Crippen LogP contribution in [0.5, 0.6) is 11.5 Å². The number of nitrogens with zero attached hydrogens (tertiary/aromatic N) is 1. The van der Waals surface area contributed by atoms with Crippen molar-refractivity contribution in [2.75, 3.05) is 12.1 Å². The van der Waals surface area contributed by atoms with E-state index in [2.05, 4.69) is 10.3 Å². The molecule has 0 bridgehead atoms. The lowest BCUT2D eigenvalue weighted by atomic mass is 10.2. The lowest BCUT2D eigenvalue weighted by molar-refractivity contribution is 0.0692. The van der Waals surface area contributed by atoms with E-state index in [1.165, 1.54) is 6.20 Å². The Morgan fingerprint density at radius 3 is 2.90 bits per heavy atom. The summed E-state index contributed by atoms with van der Waals surface area (Å²) in [5.74, 6) is -1.30. The van der Waals surface area contributed by atoms with Crippen LogP contribution in [0.15, 0.2) is 30.5 Å². The van der Waals surface area contributed by atoms with Crippen LogP contribution in [0, 0.1) is 5.82 Å². The number of benzene rings is 1. The fraction of sp³-hybridized carbons (Fsp3) is 0.0769. The van der Waals surface area contributed by atoms with Crippen molar-refractivity contribution >= 4 is 17.5 Å². The van der Waals surface area contributed by atoms with Crippen LogP contribution in [0.2, 0.25) is 0 Å². The number of pyridine rings is 1. The zero-order valence-corrected chi connectivity index (χ0v) is 10.1. The Labute approximate surface area is 112 Å². The van der Waals surface area contributed by atoms with Gasteiger partial charge in [-0.15, -0.1) is 0 Å². The number of hydrogen-bond donors (Lipinski definition) is 2. The number of carboxylic acids is 1. The van der Waals surface area contributed by atoms with Crippen LogP contribution in [-0.4, -0.2) is 22.9 Å². The Kier molecular flexibility index (Phi) is 2.86. The molecule has 0 radical (unpaired) electrons. The highest BCUT2D eigenvalue weighted by molar-refractivity contribution is 5.89. The molecule has 1 aliphatic heterocycles. The molecule has 0 spiro atoms. The molecule has 20 heavy (non-hydrogen) atoms. The second-order valence-corrected chi connectivity index (χ2v) is 4.02. The maximum atomic E-state index is 13.9. The van der Waals surface area contributed by atoms with Gasteiger partial charge in [-0.05, 0) is 18.2 Å². The van der Waals surface area contributed by atoms with Gasteiger partial charge in [0, 0.05) is 18.0 Å². The van der Waals surface area contributed by atoms with E-state index < -0.39 is 17.3 Å². The van der Waals surface area contributed by atoms with E-state index in [9.17, 15) is 9.18 Å². The Balaban J connectivity index is 1.92. The zero-order chi connectivity index (χ0) is 14.1. The highest BCUT2D eigenvalue weighted by Crippen LogP contribution is 2.35. The summed E-state index contributed by atoms with van der Waals surface area (Å²) in [6.45, 7) is 0.139. The molecular formula is C13H9FN2O4. The maximum Gasteiger partial charge on any atom is 0.338 e. The van der Waals surface area contributed by atoms with Crippen LogP contribution in [0.3, 0.4) is 0 Å². The topological polar surface area (TPSA) is 80.7 Å². The van der Waals surface area contributed by atoms with Crippen molar-refractivity contribution in [1.82, 2.24) is 4.98 Å². The minimum atomic E-state index is -1.35. The van der Waals surface area contributed by atoms with E-state index in [4.69, 9.17) is 14.6 Å². The van der Waals surface area contributed by atoms with Crippen LogP contribution < -0.4 is 14.8 Å². The molecule has 1 aromatic heterocycles. The number of rotatable bonds is 3. The first kappa shape index (κ1) is 12.2. The van der Waals surface area contributed by atoms with E-state index >= 15 is 0 Å². The SMILES string of the molecule is O=C(O)c1ccnc(Nc2ccc3c(c2)OCO3)c1F. The summed E-state index contributed by atoms with van der Waals surface area (Å²) in [6, 6.07) is 6.05. The largest absolute Gasteiger partial charge is 0.478 e. The van der Waals surface area contributed by atoms with Gasteiger partial charge in [-0.1, -0.05) is 0 Å². The molecule has 1 aromatic carbocycles. The van der Waals surface area contributed by atoms with Crippen LogP contribution in [0.4, 0.5) is 15.9 Å². The molecule has 6 nitrogen and oxygen atoms in total. The van der Waals surface area contributed by atoms with Gasteiger partial charge in [0.05, 0.1) is 0 Å². The average Bonchev–Trinajstić information content (AvgIpc) is 2.88. The molecule has 102 valence electrons. The number of nitrogens with one attached hydrogen (secondary N) is 1. The Morgan fingerprint density at radius 2 is 2.10 bits per heavy atom. The number of carbonyl (C=O) groups is 1. The molecule has 0 atom stereocenters. The smallest absolute Gasteiger partial charge is 0.338 e. The lowest BCUT2D eigenvalue weighted by Gasteiger charge is -2.08. The van der Waals surface area contributed by atoms with Crippen molar-refractivity contribution in [1.29, 1.82) is 0 Å². The molecule has 0 saturated heterocycles. The standard InChI is InChI=1S/C13H9FN2O4/c14-11-8(13(17)18)3-4-15-12(11)16-7-1-2-9-10(5-7)20-6-19-9/h1-5H,6H2,(H,15,16)(H,17,18). The zero-order valence-electron chi connectivity index (χ0n) is 10.1. The van der Waals surface area contributed by atoms with Crippen molar-refractivity contribution in [3.05, 3.63) is 41.8 Å². The molecule has 3 rings (SSSR count). The number of ether oxygens (including phenoxy) is 2. The molecule has 2 heterocycles. The molecular weight excluding hydrogens is 267 g/mol. The van der Waals surface area contributed by atoms with E-state index in [0.29, 0.717) is 17.2 Å². The van der Waals surface area contributed by atoms with Crippen LogP contribution in [0.1, 0.15) is 10.4 Å². The second-order valence-electron chi connectivity index (χ2n) is 4.02. The molecule has 1 aliphatic rings. The highest BCUT2D eigenvalue weighted by Gasteiger charge is 2.17. The third-order valence-electron chi connectivity index (χ3n) is 2.75. The van der Waals surface area contributed by atoms with Crippen molar-refractivity contribution < 1.29 is 23.8 Å². The van der Waals surface area contributed by atoms with E-state index in [0.717, 1.165) is 6.07 Å². The lowest BCUT2D eigenvalue weighted by Crippen LogP contribution is -2.05. The van der Waals surface area contributed by atoms with Gasteiger partial charge in [0.2, 0.25) is 6.79 Å². The number of carboxylic acid groups (broad SMARTS) is 1. The molecule has 0 saturated carbocycles. The molecule has 2 N–H and O–H groups in total. The van der Waals surface area contributed by atoms with Gasteiger partial charge in [-0.2, -0.15) is 0 Å². The normalized spacial score (nSPS) is 12.2. The van der Waals surface area contributed by atoms with Gasteiger partial charge in [0.15, 0.2) is 23.1 Å². The molecule has 0 unspecified atom stereocenters. The summed E-state index contributed by atoms with van der Waals surface area (Å²) < 4.78 is 24.3. The van der Waals surface area contributed by atoms with E-state index in [1.54, 1.807) is 18.2 Å². The first-order valence-corrected chi connectivity index (χ1v) is 5.69. The minimum absolute atomic E-state index is 0.139. The summed E-state index contributed by atoms with van der Waals surface area (Å²) in [4.78, 5) is 14.6. The quantitative estimate of drug-likeness (QED) is 0.896. The summed E-state index contributed by atoms with van der Waals surface area (Å²) in [5, 5.41) is 11.6. The summed E-state index contributed by atoms with van der Waals surface area (Å²) in [5.41, 5.74) is 0.0754. The molecule has 0 amide bonds. The van der Waals surface area contributed by atoms with Gasteiger partial charge >= 0.3 is 5.97 Å². The fourth-order valence-corrected chi connectivity index (χ4v) is 1.81. The van der Waals surface area contributed by atoms with Gasteiger partial charge in [0.1, 0.15) is 5.56 Å². The summed E-state index contributed by atoms with van der Waals surface area (Å²) in [7, 11) is 0. The van der Waals surface area contributed by atoms with Crippen molar-refractivity contribution in [2.45, 2.75) is 0 Å². The predicted octanol–water partition coefficient (Wildman–Crippen LogP) is 2.39. The van der Waals surface area contributed by atoms with Gasteiger partial charge in [-0.25, -0.2) is 14.2 Å². The van der Waals surface area contributed by atoms with Crippen LogP contribution in [0.25, 0.3) is 0 Å². The first-order valence-electron chi connectivity index (χ1n) is 5.69. The number of hydrogen-bond acceptors (Lipinski definition) is 5. The maximum absolute atomic E-state index is 13.9. The van der Waals surface area contributed by atoms with E-state index in [1.807, 2.05) is 0 Å². The number of aromatic carboxylic acids is 1. The monoisotopic (exact) mass is 276 g/mol. The average molecular weight is 276 g/mol. The van der Waals surface area contributed by atoms with Crippen molar-refractivity contribution in [2.24, 2.45) is 0 Å². The third-order valence-corrected chi connectivity index (χ3v) is 2.75. The van der Waals surface area contributed by atoms with Gasteiger partial charge < -0.3 is 19.9 Å². The summed E-state index contributed by atoms with van der Waals surface area (Å²) in [6.07, 6.45) is 1.22. The third kappa shape index (κ3) is 2.09. The number of halogens is 1. The van der Waals surface area contributed by atoms with Gasteiger partial charge in [-0.3, -0.25) is 0 Å². The Morgan fingerprint density at radius 1 is 1.30 bits per heavy atom. The van der Waals surface area contributed by atoms with E-state index in [-0.39, 0.29) is 12.6 Å². The predicted molar refractivity (Wildman–Crippen MR) is 67.0 cm³/mol. The molecule has 0 fully saturated rings. The second kappa shape index (κ2) is 4.69. The number of aromatic nitrogens is 1. The van der Waals surface area contributed by atoms with Crippen molar-refractivity contribution in [3.8, 4) is 11.5 Å². The molecule has 7 heteroatoms. The molecule has 2 aromatic rings. The Bertz CT molecular complexity index is 690. The first-order chi connectivity index (χ1) is 9.65. The highest BCUT2D eigenvalue weighted by atomic mass is 19.1.